The second-order valence-corrected chi connectivity index (χ2v) is 9.18. The molecule has 1 fully saturated rings. The van der Waals surface area contributed by atoms with E-state index < -0.39 is 16.2 Å². The van der Waals surface area contributed by atoms with Gasteiger partial charge in [0.05, 0.1) is 30.3 Å². The molecule has 2 atom stereocenters. The molecule has 0 aromatic heterocycles. The average Bonchev–Trinajstić information content (AvgIpc) is 3.46. The summed E-state index contributed by atoms with van der Waals surface area (Å²) in [6.07, 6.45) is 11.1. The Morgan fingerprint density at radius 1 is 1.04 bits per heavy atom. The molecule has 0 aliphatic carbocycles. The van der Waals surface area contributed by atoms with Crippen LogP contribution in [-0.2, 0) is 19.0 Å². The number of aliphatic hydroxyl groups is 1. The predicted octanol–water partition coefficient (Wildman–Crippen LogP) is 4.36. The van der Waals surface area contributed by atoms with Crippen molar-refractivity contribution in [3.8, 4) is 0 Å². The Morgan fingerprint density at radius 3 is 2.19 bits per heavy atom. The zero-order chi connectivity index (χ0) is 19.5. The Labute approximate surface area is 164 Å². The molecular weight excluding hydrogens is 364 g/mol. The quantitative estimate of drug-likeness (QED) is 0.270. The standard InChI is InChI=1S/C21H34O5S/c1-18-12-14-21(15-13-18)27(23,24)26-16-19(22)10-8-6-4-2-3-5-7-9-11-20-17-25-20/h12-15,19-20,22H,2-11,16-17H2,1H3/t19-,20+/m1/s1. The van der Waals surface area contributed by atoms with Gasteiger partial charge in [0.1, 0.15) is 0 Å². The van der Waals surface area contributed by atoms with Gasteiger partial charge in [-0.3, -0.25) is 4.18 Å². The van der Waals surface area contributed by atoms with Crippen LogP contribution in [0.15, 0.2) is 29.2 Å². The second kappa shape index (κ2) is 11.8. The molecule has 154 valence electrons. The molecular formula is C21H34O5S. The maximum Gasteiger partial charge on any atom is 0.297 e. The molecule has 0 radical (unpaired) electrons. The van der Waals surface area contributed by atoms with Gasteiger partial charge in [-0.05, 0) is 31.9 Å². The van der Waals surface area contributed by atoms with E-state index in [0.717, 1.165) is 25.0 Å². The van der Waals surface area contributed by atoms with Crippen LogP contribution in [-0.4, -0.2) is 38.9 Å². The molecule has 1 aromatic rings. The minimum absolute atomic E-state index is 0.130. The largest absolute Gasteiger partial charge is 0.391 e. The summed E-state index contributed by atoms with van der Waals surface area (Å²) in [5.74, 6) is 0. The van der Waals surface area contributed by atoms with E-state index in [0.29, 0.717) is 12.5 Å². The highest BCUT2D eigenvalue weighted by Crippen LogP contribution is 2.18. The number of aliphatic hydroxyl groups excluding tert-OH is 1. The Morgan fingerprint density at radius 2 is 1.59 bits per heavy atom. The van der Waals surface area contributed by atoms with Crippen LogP contribution in [0.4, 0.5) is 0 Å². The molecule has 2 rings (SSSR count). The van der Waals surface area contributed by atoms with Crippen LogP contribution in [0.25, 0.3) is 0 Å². The summed E-state index contributed by atoms with van der Waals surface area (Å²) in [5.41, 5.74) is 0.988. The number of hydrogen-bond acceptors (Lipinski definition) is 5. The van der Waals surface area contributed by atoms with Crippen LogP contribution >= 0.6 is 0 Å². The van der Waals surface area contributed by atoms with Crippen molar-refractivity contribution < 1.29 is 22.4 Å². The van der Waals surface area contributed by atoms with E-state index in [1.165, 1.54) is 57.1 Å². The number of benzene rings is 1. The molecule has 0 saturated carbocycles. The molecule has 0 spiro atoms. The first-order chi connectivity index (χ1) is 13.0. The van der Waals surface area contributed by atoms with Crippen LogP contribution in [0.2, 0.25) is 0 Å². The van der Waals surface area contributed by atoms with Crippen molar-refractivity contribution in [2.75, 3.05) is 13.2 Å². The monoisotopic (exact) mass is 398 g/mol. The smallest absolute Gasteiger partial charge is 0.297 e. The fraction of sp³-hybridized carbons (Fsp3) is 0.714. The number of aryl methyl sites for hydroxylation is 1. The molecule has 0 unspecified atom stereocenters. The summed E-state index contributed by atoms with van der Waals surface area (Å²) in [6.45, 7) is 2.68. The van der Waals surface area contributed by atoms with Crippen molar-refractivity contribution in [1.82, 2.24) is 0 Å². The molecule has 6 heteroatoms. The van der Waals surface area contributed by atoms with E-state index in [1.54, 1.807) is 12.1 Å². The van der Waals surface area contributed by atoms with Gasteiger partial charge in [0.15, 0.2) is 0 Å². The lowest BCUT2D eigenvalue weighted by Gasteiger charge is -2.11. The van der Waals surface area contributed by atoms with Crippen LogP contribution in [0.1, 0.15) is 69.8 Å². The summed E-state index contributed by atoms with van der Waals surface area (Å²) in [5, 5.41) is 9.95. The lowest BCUT2D eigenvalue weighted by atomic mass is 10.0. The lowest BCUT2D eigenvalue weighted by Crippen LogP contribution is -2.19. The second-order valence-electron chi connectivity index (χ2n) is 7.57. The summed E-state index contributed by atoms with van der Waals surface area (Å²) < 4.78 is 34.3. The topological polar surface area (TPSA) is 76.1 Å². The van der Waals surface area contributed by atoms with Crippen molar-refractivity contribution in [1.29, 1.82) is 0 Å². The molecule has 0 amide bonds. The van der Waals surface area contributed by atoms with Gasteiger partial charge in [-0.1, -0.05) is 69.1 Å². The first kappa shape index (κ1) is 22.3. The van der Waals surface area contributed by atoms with E-state index in [2.05, 4.69) is 0 Å². The fourth-order valence-electron chi connectivity index (χ4n) is 3.07. The zero-order valence-corrected chi connectivity index (χ0v) is 17.3. The van der Waals surface area contributed by atoms with E-state index in [4.69, 9.17) is 8.92 Å². The Kier molecular flexibility index (Phi) is 9.76. The van der Waals surface area contributed by atoms with E-state index in [-0.39, 0.29) is 11.5 Å². The molecule has 27 heavy (non-hydrogen) atoms. The van der Waals surface area contributed by atoms with Crippen molar-refractivity contribution in [2.45, 2.75) is 88.2 Å². The van der Waals surface area contributed by atoms with Gasteiger partial charge in [-0.15, -0.1) is 0 Å². The summed E-state index contributed by atoms with van der Waals surface area (Å²) in [7, 11) is -3.79. The van der Waals surface area contributed by atoms with E-state index >= 15 is 0 Å². The van der Waals surface area contributed by atoms with Gasteiger partial charge in [0.2, 0.25) is 0 Å². The van der Waals surface area contributed by atoms with Crippen molar-refractivity contribution in [2.24, 2.45) is 0 Å². The third kappa shape index (κ3) is 9.70. The van der Waals surface area contributed by atoms with Crippen molar-refractivity contribution in [3.63, 3.8) is 0 Å². The minimum atomic E-state index is -3.79. The molecule has 1 saturated heterocycles. The van der Waals surface area contributed by atoms with Gasteiger partial charge in [0, 0.05) is 0 Å². The number of rotatable bonds is 15. The van der Waals surface area contributed by atoms with Crippen molar-refractivity contribution >= 4 is 10.1 Å². The number of epoxide rings is 1. The minimum Gasteiger partial charge on any atom is -0.391 e. The average molecular weight is 399 g/mol. The number of hydrogen-bond donors (Lipinski definition) is 1. The van der Waals surface area contributed by atoms with Gasteiger partial charge in [0.25, 0.3) is 10.1 Å². The lowest BCUT2D eigenvalue weighted by molar-refractivity contribution is 0.100. The zero-order valence-electron chi connectivity index (χ0n) is 16.4. The Bertz CT molecular complexity index is 622. The SMILES string of the molecule is Cc1ccc(S(=O)(=O)OC[C@H](O)CCCCCCCCCC[C@H]2CO2)cc1. The third-order valence-corrected chi connectivity index (χ3v) is 6.24. The maximum atomic E-state index is 12.1. The summed E-state index contributed by atoms with van der Waals surface area (Å²) in [6, 6.07) is 6.51. The molecule has 1 aromatic carbocycles. The predicted molar refractivity (Wildman–Crippen MR) is 106 cm³/mol. The number of ether oxygens (including phenoxy) is 1. The first-order valence-electron chi connectivity index (χ1n) is 10.2. The van der Waals surface area contributed by atoms with Gasteiger partial charge in [-0.2, -0.15) is 8.42 Å². The summed E-state index contributed by atoms with van der Waals surface area (Å²) in [4.78, 5) is 0.130. The normalized spacial score (nSPS) is 17.8. The first-order valence-corrected chi connectivity index (χ1v) is 11.6. The van der Waals surface area contributed by atoms with Gasteiger partial charge in [-0.25, -0.2) is 0 Å². The highest BCUT2D eigenvalue weighted by Gasteiger charge is 2.20. The van der Waals surface area contributed by atoms with Crippen LogP contribution in [0, 0.1) is 6.92 Å². The molecule has 1 aliphatic rings. The van der Waals surface area contributed by atoms with Crippen LogP contribution < -0.4 is 0 Å². The van der Waals surface area contributed by atoms with Crippen molar-refractivity contribution in [3.05, 3.63) is 29.8 Å². The van der Waals surface area contributed by atoms with Gasteiger partial charge >= 0.3 is 0 Å². The molecule has 5 nitrogen and oxygen atoms in total. The van der Waals surface area contributed by atoms with Crippen LogP contribution in [0.5, 0.6) is 0 Å². The fourth-order valence-corrected chi connectivity index (χ4v) is 4.01. The maximum absolute atomic E-state index is 12.1. The third-order valence-electron chi connectivity index (χ3n) is 4.94. The molecule has 1 N–H and O–H groups in total. The Hall–Kier alpha value is -0.950. The highest BCUT2D eigenvalue weighted by atomic mass is 32.2. The van der Waals surface area contributed by atoms with E-state index in [1.807, 2.05) is 6.92 Å². The number of unbranched alkanes of at least 4 members (excludes halogenated alkanes) is 7. The van der Waals surface area contributed by atoms with E-state index in [9.17, 15) is 13.5 Å². The molecule has 1 heterocycles. The molecule has 0 bridgehead atoms. The summed E-state index contributed by atoms with van der Waals surface area (Å²) >= 11 is 0. The molecule has 1 aliphatic heterocycles. The Balaban J connectivity index is 1.45. The highest BCUT2D eigenvalue weighted by molar-refractivity contribution is 7.86. The van der Waals surface area contributed by atoms with Crippen LogP contribution in [0.3, 0.4) is 0 Å². The van der Waals surface area contributed by atoms with Gasteiger partial charge < -0.3 is 9.84 Å².